The van der Waals surface area contributed by atoms with Crippen LogP contribution in [0.15, 0.2) is 24.3 Å². The van der Waals surface area contributed by atoms with Crippen molar-refractivity contribution in [1.29, 1.82) is 0 Å². The van der Waals surface area contributed by atoms with Crippen molar-refractivity contribution in [3.05, 3.63) is 35.4 Å². The maximum Gasteiger partial charge on any atom is 0.253 e. The summed E-state index contributed by atoms with van der Waals surface area (Å²) >= 11 is 0. The van der Waals surface area contributed by atoms with Crippen LogP contribution in [-0.2, 0) is 9.53 Å². The number of benzene rings is 1. The Morgan fingerprint density at radius 1 is 0.828 bits per heavy atom. The molecule has 0 N–H and O–H groups in total. The third kappa shape index (κ3) is 5.17. The van der Waals surface area contributed by atoms with E-state index >= 15 is 0 Å². The van der Waals surface area contributed by atoms with Gasteiger partial charge in [0.1, 0.15) is 0 Å². The van der Waals surface area contributed by atoms with Crippen LogP contribution in [0.1, 0.15) is 53.9 Å². The molecular formula is C23H33N3O3. The van der Waals surface area contributed by atoms with Crippen LogP contribution in [0.3, 0.4) is 0 Å². The van der Waals surface area contributed by atoms with Gasteiger partial charge in [0.25, 0.3) is 5.91 Å². The second-order valence-electron chi connectivity index (χ2n) is 8.52. The molecule has 0 atom stereocenters. The standard InChI is InChI=1S/C23H33N3O3/c27-22(18-24-14-16-29-17-15-24)25-10-12-26(13-11-25)23(28)21-8-6-20(7-9-21)19-4-2-1-3-5-19/h6-9,19H,1-5,10-18H2. The van der Waals surface area contributed by atoms with Crippen LogP contribution in [-0.4, -0.2) is 85.5 Å². The van der Waals surface area contributed by atoms with E-state index in [4.69, 9.17) is 4.74 Å². The molecule has 2 amide bonds. The molecule has 3 aliphatic rings. The molecule has 0 bridgehead atoms. The smallest absolute Gasteiger partial charge is 0.253 e. The van der Waals surface area contributed by atoms with Crippen molar-refractivity contribution in [3.8, 4) is 0 Å². The monoisotopic (exact) mass is 399 g/mol. The Morgan fingerprint density at radius 3 is 2.10 bits per heavy atom. The SMILES string of the molecule is O=C(CN1CCOCC1)N1CCN(C(=O)c2ccc(C3CCCCC3)cc2)CC1. The highest BCUT2D eigenvalue weighted by Gasteiger charge is 2.26. The van der Waals surface area contributed by atoms with E-state index in [1.54, 1.807) is 0 Å². The second-order valence-corrected chi connectivity index (χ2v) is 8.52. The van der Waals surface area contributed by atoms with Crippen molar-refractivity contribution >= 4 is 11.8 Å². The molecule has 6 nitrogen and oxygen atoms in total. The van der Waals surface area contributed by atoms with E-state index in [1.165, 1.54) is 37.7 Å². The molecule has 0 spiro atoms. The Balaban J connectivity index is 1.26. The van der Waals surface area contributed by atoms with Crippen molar-refractivity contribution in [2.75, 3.05) is 59.0 Å². The lowest BCUT2D eigenvalue weighted by Gasteiger charge is -2.36. The Morgan fingerprint density at radius 2 is 1.45 bits per heavy atom. The fourth-order valence-electron chi connectivity index (χ4n) is 4.73. The zero-order chi connectivity index (χ0) is 20.1. The molecule has 2 aliphatic heterocycles. The predicted molar refractivity (Wildman–Crippen MR) is 112 cm³/mol. The lowest BCUT2D eigenvalue weighted by atomic mass is 9.84. The first-order valence-corrected chi connectivity index (χ1v) is 11.2. The molecule has 158 valence electrons. The summed E-state index contributed by atoms with van der Waals surface area (Å²) in [4.78, 5) is 31.3. The minimum Gasteiger partial charge on any atom is -0.379 e. The zero-order valence-corrected chi connectivity index (χ0v) is 17.4. The molecule has 0 aromatic heterocycles. The maximum atomic E-state index is 12.9. The van der Waals surface area contributed by atoms with E-state index < -0.39 is 0 Å². The topological polar surface area (TPSA) is 53.1 Å². The molecule has 0 unspecified atom stereocenters. The van der Waals surface area contributed by atoms with Crippen LogP contribution in [0.5, 0.6) is 0 Å². The molecule has 0 radical (unpaired) electrons. The number of ether oxygens (including phenoxy) is 1. The summed E-state index contributed by atoms with van der Waals surface area (Å²) in [6.07, 6.45) is 6.54. The number of morpholine rings is 1. The summed E-state index contributed by atoms with van der Waals surface area (Å²) in [7, 11) is 0. The highest BCUT2D eigenvalue weighted by atomic mass is 16.5. The van der Waals surface area contributed by atoms with Crippen molar-refractivity contribution < 1.29 is 14.3 Å². The first kappa shape index (κ1) is 20.4. The van der Waals surface area contributed by atoms with E-state index in [0.717, 1.165) is 18.7 Å². The summed E-state index contributed by atoms with van der Waals surface area (Å²) < 4.78 is 5.34. The third-order valence-electron chi connectivity index (χ3n) is 6.62. The molecule has 6 heteroatoms. The summed E-state index contributed by atoms with van der Waals surface area (Å²) in [5.41, 5.74) is 2.14. The Kier molecular flexibility index (Phi) is 6.82. The normalized spacial score (nSPS) is 21.9. The van der Waals surface area contributed by atoms with Crippen molar-refractivity contribution in [1.82, 2.24) is 14.7 Å². The quantitative estimate of drug-likeness (QED) is 0.780. The molecule has 29 heavy (non-hydrogen) atoms. The number of rotatable bonds is 4. The van der Waals surface area contributed by atoms with Gasteiger partial charge in [-0.1, -0.05) is 31.4 Å². The molecular weight excluding hydrogens is 366 g/mol. The number of hydrogen-bond donors (Lipinski definition) is 0. The lowest BCUT2D eigenvalue weighted by Crippen LogP contribution is -2.53. The minimum atomic E-state index is 0.0838. The molecule has 1 aromatic rings. The number of carbonyl (C=O) groups is 2. The van der Waals surface area contributed by atoms with Crippen molar-refractivity contribution in [2.45, 2.75) is 38.0 Å². The summed E-state index contributed by atoms with van der Waals surface area (Å²) in [6.45, 7) is 5.96. The molecule has 1 saturated carbocycles. The van der Waals surface area contributed by atoms with Crippen LogP contribution in [0.25, 0.3) is 0 Å². The minimum absolute atomic E-state index is 0.0838. The first-order valence-electron chi connectivity index (χ1n) is 11.2. The van der Waals surface area contributed by atoms with E-state index in [0.29, 0.717) is 51.9 Å². The number of piperazine rings is 1. The van der Waals surface area contributed by atoms with Crippen LogP contribution >= 0.6 is 0 Å². The van der Waals surface area contributed by atoms with Gasteiger partial charge in [-0.2, -0.15) is 0 Å². The van der Waals surface area contributed by atoms with Gasteiger partial charge in [-0.15, -0.1) is 0 Å². The molecule has 2 saturated heterocycles. The fraction of sp³-hybridized carbons (Fsp3) is 0.652. The first-order chi connectivity index (χ1) is 14.2. The van der Waals surface area contributed by atoms with Gasteiger partial charge < -0.3 is 14.5 Å². The Labute approximate surface area is 173 Å². The van der Waals surface area contributed by atoms with Crippen LogP contribution in [0.2, 0.25) is 0 Å². The average molecular weight is 400 g/mol. The van der Waals surface area contributed by atoms with Gasteiger partial charge in [-0.05, 0) is 36.5 Å². The molecule has 1 aromatic carbocycles. The van der Waals surface area contributed by atoms with Crippen molar-refractivity contribution in [2.24, 2.45) is 0 Å². The summed E-state index contributed by atoms with van der Waals surface area (Å²) in [5, 5.41) is 0. The number of amides is 2. The van der Waals surface area contributed by atoms with Gasteiger partial charge in [0.05, 0.1) is 19.8 Å². The largest absolute Gasteiger partial charge is 0.379 e. The summed E-state index contributed by atoms with van der Waals surface area (Å²) in [6, 6.07) is 8.26. The second kappa shape index (κ2) is 9.72. The zero-order valence-electron chi connectivity index (χ0n) is 17.4. The van der Waals surface area contributed by atoms with Crippen molar-refractivity contribution in [3.63, 3.8) is 0 Å². The molecule has 4 rings (SSSR count). The van der Waals surface area contributed by atoms with E-state index in [9.17, 15) is 9.59 Å². The van der Waals surface area contributed by atoms with Crippen LogP contribution in [0.4, 0.5) is 0 Å². The van der Waals surface area contributed by atoms with Gasteiger partial charge in [-0.25, -0.2) is 0 Å². The van der Waals surface area contributed by atoms with Gasteiger partial charge in [0.15, 0.2) is 0 Å². The van der Waals surface area contributed by atoms with Gasteiger partial charge >= 0.3 is 0 Å². The fourth-order valence-corrected chi connectivity index (χ4v) is 4.73. The average Bonchev–Trinajstić information content (AvgIpc) is 2.80. The Bertz CT molecular complexity index is 686. The molecule has 1 aliphatic carbocycles. The number of hydrogen-bond acceptors (Lipinski definition) is 4. The van der Waals surface area contributed by atoms with Gasteiger partial charge in [0, 0.05) is 44.8 Å². The van der Waals surface area contributed by atoms with E-state index in [1.807, 2.05) is 21.9 Å². The molecule has 2 heterocycles. The predicted octanol–water partition coefficient (Wildman–Crippen LogP) is 2.35. The Hall–Kier alpha value is -1.92. The molecule has 3 fully saturated rings. The van der Waals surface area contributed by atoms with Crippen LogP contribution in [0, 0.1) is 0 Å². The number of nitrogens with zero attached hydrogens (tertiary/aromatic N) is 3. The third-order valence-corrected chi connectivity index (χ3v) is 6.62. The van der Waals surface area contributed by atoms with E-state index in [2.05, 4.69) is 17.0 Å². The lowest BCUT2D eigenvalue weighted by molar-refractivity contribution is -0.134. The van der Waals surface area contributed by atoms with Gasteiger partial charge in [0.2, 0.25) is 5.91 Å². The maximum absolute atomic E-state index is 12.9. The van der Waals surface area contributed by atoms with Gasteiger partial charge in [-0.3, -0.25) is 14.5 Å². The van der Waals surface area contributed by atoms with Crippen LogP contribution < -0.4 is 0 Å². The summed E-state index contributed by atoms with van der Waals surface area (Å²) in [5.74, 6) is 0.908. The number of carbonyl (C=O) groups excluding carboxylic acids is 2. The highest BCUT2D eigenvalue weighted by molar-refractivity contribution is 5.94. The highest BCUT2D eigenvalue weighted by Crippen LogP contribution is 2.32. The van der Waals surface area contributed by atoms with E-state index in [-0.39, 0.29) is 11.8 Å².